The Morgan fingerprint density at radius 3 is 2.04 bits per heavy atom. The first-order chi connectivity index (χ1) is 11.0. The first-order valence-electron chi connectivity index (χ1n) is 6.08. The molecule has 142 valence electrons. The van der Waals surface area contributed by atoms with Gasteiger partial charge in [0.1, 0.15) is 0 Å². The van der Waals surface area contributed by atoms with E-state index in [0.29, 0.717) is 5.56 Å². The molecule has 1 aromatic carbocycles. The number of rotatable bonds is 5. The second-order valence-electron chi connectivity index (χ2n) is 4.85. The molecule has 0 radical (unpaired) electrons. The molecule has 4 atom stereocenters. The van der Waals surface area contributed by atoms with Crippen LogP contribution in [0.4, 0.5) is 17.6 Å². The number of alkyl halides is 8. The van der Waals surface area contributed by atoms with Gasteiger partial charge in [-0.05, 0) is 42.3 Å². The minimum Gasteiger partial charge on any atom is -0.229 e. The normalized spacial score (nSPS) is 32.5. The van der Waals surface area contributed by atoms with Gasteiger partial charge in [-0.15, -0.1) is 0 Å². The van der Waals surface area contributed by atoms with E-state index in [2.05, 4.69) is 9.02 Å². The van der Waals surface area contributed by atoms with E-state index >= 15 is 0 Å². The van der Waals surface area contributed by atoms with Gasteiger partial charge in [0.25, 0.3) is 0 Å². The molecule has 0 aromatic heterocycles. The summed E-state index contributed by atoms with van der Waals surface area (Å²) in [6.07, 6.45) is 0. The average Bonchev–Trinajstić information content (AvgIpc) is 2.43. The van der Waals surface area contributed by atoms with Crippen molar-refractivity contribution in [3.05, 3.63) is 29.8 Å². The second kappa shape index (κ2) is 6.23. The van der Waals surface area contributed by atoms with Crippen molar-refractivity contribution in [3.63, 3.8) is 0 Å². The van der Waals surface area contributed by atoms with Crippen LogP contribution in [0, 0.1) is 6.92 Å². The molecular weight excluding hydrogens is 460 g/mol. The number of nitrogens with zero attached hydrogens (tertiary/aromatic N) is 1. The van der Waals surface area contributed by atoms with Crippen molar-refractivity contribution in [2.45, 2.75) is 33.0 Å². The fraction of sp³-hybridized carbons (Fsp3) is 0.455. The number of hydrogen-bond donors (Lipinski definition) is 0. The van der Waals surface area contributed by atoms with Gasteiger partial charge in [-0.25, -0.2) is 9.02 Å². The molecule has 5 nitrogen and oxygen atoms in total. The molecule has 0 saturated carbocycles. The van der Waals surface area contributed by atoms with Crippen LogP contribution in [-0.2, 0) is 19.1 Å². The van der Waals surface area contributed by atoms with E-state index in [1.165, 1.54) is 12.1 Å². The van der Waals surface area contributed by atoms with Crippen LogP contribution in [-0.4, -0.2) is 34.6 Å². The molecule has 1 saturated heterocycles. The molecule has 25 heavy (non-hydrogen) atoms. The van der Waals surface area contributed by atoms with Gasteiger partial charge in [-0.3, -0.25) is 0 Å². The maximum atomic E-state index is 14.4. The SMILES string of the molecule is Cc1ccc(S(=O)(=O)OC(F)(Cl)C(F)(Cl)N2OC(F)(Cl)C2(F)Cl)cc1. The summed E-state index contributed by atoms with van der Waals surface area (Å²) in [7, 11) is -5.01. The van der Waals surface area contributed by atoms with Crippen LogP contribution in [0.3, 0.4) is 0 Å². The van der Waals surface area contributed by atoms with E-state index in [-0.39, 0.29) is 0 Å². The van der Waals surface area contributed by atoms with Crippen LogP contribution in [0.5, 0.6) is 0 Å². The van der Waals surface area contributed by atoms with Gasteiger partial charge in [0.05, 0.1) is 4.90 Å². The lowest BCUT2D eigenvalue weighted by Crippen LogP contribution is -2.75. The Labute approximate surface area is 159 Å². The fourth-order valence-electron chi connectivity index (χ4n) is 1.60. The predicted octanol–water partition coefficient (Wildman–Crippen LogP) is 4.40. The minimum atomic E-state index is -5.01. The largest absolute Gasteiger partial charge is 0.367 e. The number of hydrogen-bond acceptors (Lipinski definition) is 5. The van der Waals surface area contributed by atoms with Gasteiger partial charge in [-0.2, -0.15) is 26.0 Å². The molecule has 1 heterocycles. The predicted molar refractivity (Wildman–Crippen MR) is 81.1 cm³/mol. The molecule has 14 heteroatoms. The Balaban J connectivity index is 2.30. The number of aryl methyl sites for hydroxylation is 1. The van der Waals surface area contributed by atoms with E-state index in [0.717, 1.165) is 12.1 Å². The third kappa shape index (κ3) is 3.55. The van der Waals surface area contributed by atoms with Crippen molar-refractivity contribution in [1.29, 1.82) is 0 Å². The number of hydroxylamine groups is 2. The summed E-state index contributed by atoms with van der Waals surface area (Å²) in [5, 5.41) is -17.7. The zero-order chi connectivity index (χ0) is 19.5. The summed E-state index contributed by atoms with van der Waals surface area (Å²) in [6.45, 7) is 1.63. The van der Waals surface area contributed by atoms with Crippen molar-refractivity contribution >= 4 is 56.5 Å². The number of halogens is 8. The summed E-state index contributed by atoms with van der Waals surface area (Å²) in [6, 6.07) is 4.64. The summed E-state index contributed by atoms with van der Waals surface area (Å²) in [4.78, 5) is 3.13. The maximum absolute atomic E-state index is 14.4. The topological polar surface area (TPSA) is 55.8 Å². The van der Waals surface area contributed by atoms with Crippen LogP contribution in [0.15, 0.2) is 29.2 Å². The first kappa shape index (κ1) is 21.2. The standard InChI is InChI=1S/C11H7Cl4F4NO4S/c1-6-2-4-7(5-3-6)25(21,22)24-11(15,19)9(13,17)20-8(12,16)10(14,18)23-20/h2-5H,1H3. The molecule has 4 unspecified atom stereocenters. The van der Waals surface area contributed by atoms with Crippen LogP contribution < -0.4 is 0 Å². The second-order valence-corrected chi connectivity index (χ2v) is 8.37. The highest BCUT2D eigenvalue weighted by atomic mass is 35.5. The lowest BCUT2D eigenvalue weighted by atomic mass is 10.2. The van der Waals surface area contributed by atoms with Gasteiger partial charge in [0.2, 0.25) is 0 Å². The van der Waals surface area contributed by atoms with Crippen LogP contribution in [0.2, 0.25) is 0 Å². The van der Waals surface area contributed by atoms with E-state index in [1.807, 2.05) is 0 Å². The van der Waals surface area contributed by atoms with Gasteiger partial charge in [-0.1, -0.05) is 46.0 Å². The van der Waals surface area contributed by atoms with Gasteiger partial charge in [0.15, 0.2) is 0 Å². The minimum absolute atomic E-state index is 0.618. The van der Waals surface area contributed by atoms with E-state index < -0.39 is 41.2 Å². The maximum Gasteiger partial charge on any atom is 0.367 e. The summed E-state index contributed by atoms with van der Waals surface area (Å²) >= 11 is 19.8. The highest BCUT2D eigenvalue weighted by Crippen LogP contribution is 2.60. The lowest BCUT2D eigenvalue weighted by Gasteiger charge is -2.52. The summed E-state index contributed by atoms with van der Waals surface area (Å²) < 4.78 is 83.6. The third-order valence-electron chi connectivity index (χ3n) is 2.94. The van der Waals surface area contributed by atoms with Gasteiger partial charge >= 0.3 is 31.2 Å². The quantitative estimate of drug-likeness (QED) is 0.278. The molecular formula is C11H7Cl4F4NO4S. The lowest BCUT2D eigenvalue weighted by molar-refractivity contribution is -0.497. The van der Waals surface area contributed by atoms with Crippen LogP contribution >= 0.6 is 46.4 Å². The zero-order valence-electron chi connectivity index (χ0n) is 11.8. The Morgan fingerprint density at radius 1 is 1.16 bits per heavy atom. The van der Waals surface area contributed by atoms with E-state index in [1.54, 1.807) is 6.92 Å². The molecule has 1 aliphatic heterocycles. The van der Waals surface area contributed by atoms with Crippen LogP contribution in [0.25, 0.3) is 0 Å². The van der Waals surface area contributed by atoms with Gasteiger partial charge < -0.3 is 0 Å². The van der Waals surface area contributed by atoms with Crippen molar-refractivity contribution in [3.8, 4) is 0 Å². The van der Waals surface area contributed by atoms with Crippen molar-refractivity contribution in [2.24, 2.45) is 0 Å². The Bertz CT molecular complexity index is 773. The van der Waals surface area contributed by atoms with Crippen molar-refractivity contribution in [1.82, 2.24) is 5.06 Å². The zero-order valence-corrected chi connectivity index (χ0v) is 15.7. The molecule has 2 rings (SSSR count). The molecule has 0 N–H and O–H groups in total. The van der Waals surface area contributed by atoms with E-state index in [4.69, 9.17) is 46.4 Å². The Hall–Kier alpha value is -0.0700. The Kier molecular flexibility index (Phi) is 5.29. The smallest absolute Gasteiger partial charge is 0.229 e. The highest BCUT2D eigenvalue weighted by molar-refractivity contribution is 7.86. The molecule has 0 spiro atoms. The average molecular weight is 467 g/mol. The van der Waals surface area contributed by atoms with Crippen molar-refractivity contribution in [2.75, 3.05) is 0 Å². The Morgan fingerprint density at radius 2 is 1.64 bits per heavy atom. The monoisotopic (exact) mass is 465 g/mol. The third-order valence-corrected chi connectivity index (χ3v) is 5.96. The molecule has 0 aliphatic carbocycles. The van der Waals surface area contributed by atoms with E-state index in [9.17, 15) is 26.0 Å². The first-order valence-corrected chi connectivity index (χ1v) is 9.00. The fourth-order valence-corrected chi connectivity index (χ4v) is 3.49. The summed E-state index contributed by atoms with van der Waals surface area (Å²) in [5.41, 5.74) is 0.647. The summed E-state index contributed by atoms with van der Waals surface area (Å²) in [5.74, 6) is 0. The number of benzene rings is 1. The molecule has 1 fully saturated rings. The molecule has 1 aliphatic rings. The molecule has 0 amide bonds. The van der Waals surface area contributed by atoms with Gasteiger partial charge in [0, 0.05) is 0 Å². The molecule has 0 bridgehead atoms. The van der Waals surface area contributed by atoms with Crippen molar-refractivity contribution < 1.29 is 35.0 Å². The van der Waals surface area contributed by atoms with Crippen LogP contribution in [0.1, 0.15) is 5.56 Å². The highest BCUT2D eigenvalue weighted by Gasteiger charge is 2.80. The molecule has 1 aromatic rings.